The summed E-state index contributed by atoms with van der Waals surface area (Å²) in [5, 5.41) is 2.59. The topological polar surface area (TPSA) is 3.24 Å². The summed E-state index contributed by atoms with van der Waals surface area (Å²) < 4.78 is 0. The lowest BCUT2D eigenvalue weighted by atomic mass is 10.1. The average molecular weight is 295 g/mol. The van der Waals surface area contributed by atoms with Crippen LogP contribution in [0.3, 0.4) is 0 Å². The standard InChI is InChI=1S/C19H21NS/c21-19-10-2-1-5-13-20(19)14-6-7-16-11-12-17-8-3-4-9-18(17)15-16/h3-4,6-9,11-12,15H,1-2,5,10,13-14H2/b7-6+. The molecule has 0 unspecified atom stereocenters. The Hall–Kier alpha value is -1.67. The van der Waals surface area contributed by atoms with Crippen molar-refractivity contribution in [1.82, 2.24) is 4.90 Å². The lowest BCUT2D eigenvalue weighted by Gasteiger charge is -2.21. The monoisotopic (exact) mass is 295 g/mol. The summed E-state index contributed by atoms with van der Waals surface area (Å²) in [5.41, 5.74) is 1.26. The molecular formula is C19H21NS. The van der Waals surface area contributed by atoms with E-state index in [0.717, 1.165) is 24.5 Å². The van der Waals surface area contributed by atoms with Gasteiger partial charge in [0, 0.05) is 13.1 Å². The molecule has 108 valence electrons. The smallest absolute Gasteiger partial charge is 0.0782 e. The van der Waals surface area contributed by atoms with Crippen molar-refractivity contribution in [2.75, 3.05) is 13.1 Å². The van der Waals surface area contributed by atoms with E-state index < -0.39 is 0 Å². The Balaban J connectivity index is 1.68. The number of nitrogens with zero attached hydrogens (tertiary/aromatic N) is 1. The Morgan fingerprint density at radius 3 is 2.76 bits per heavy atom. The molecule has 1 nitrogen and oxygen atoms in total. The lowest BCUT2D eigenvalue weighted by Crippen LogP contribution is -2.28. The van der Waals surface area contributed by atoms with Crippen molar-refractivity contribution in [2.24, 2.45) is 0 Å². The van der Waals surface area contributed by atoms with Gasteiger partial charge in [0.25, 0.3) is 0 Å². The highest BCUT2D eigenvalue weighted by atomic mass is 32.1. The molecule has 1 aliphatic rings. The predicted octanol–water partition coefficient (Wildman–Crippen LogP) is 5.06. The zero-order chi connectivity index (χ0) is 14.5. The molecule has 1 heterocycles. The van der Waals surface area contributed by atoms with Crippen LogP contribution in [0.1, 0.15) is 31.2 Å². The third kappa shape index (κ3) is 3.70. The van der Waals surface area contributed by atoms with E-state index in [0.29, 0.717) is 0 Å². The SMILES string of the molecule is S=C1CCCCCN1C/C=C/c1ccc2ccccc2c1. The second-order valence-corrected chi connectivity index (χ2v) is 6.13. The van der Waals surface area contributed by atoms with Gasteiger partial charge in [-0.25, -0.2) is 0 Å². The summed E-state index contributed by atoms with van der Waals surface area (Å²) in [6.45, 7) is 2.05. The summed E-state index contributed by atoms with van der Waals surface area (Å²) in [6.07, 6.45) is 9.36. The Morgan fingerprint density at radius 2 is 1.86 bits per heavy atom. The fourth-order valence-corrected chi connectivity index (χ4v) is 3.17. The maximum Gasteiger partial charge on any atom is 0.0782 e. The highest BCUT2D eigenvalue weighted by molar-refractivity contribution is 7.80. The normalized spacial score (nSPS) is 16.6. The van der Waals surface area contributed by atoms with E-state index in [2.05, 4.69) is 59.5 Å². The van der Waals surface area contributed by atoms with E-state index in [9.17, 15) is 0 Å². The lowest BCUT2D eigenvalue weighted by molar-refractivity contribution is 0.462. The molecule has 1 fully saturated rings. The number of hydrogen-bond donors (Lipinski definition) is 0. The van der Waals surface area contributed by atoms with Gasteiger partial charge >= 0.3 is 0 Å². The van der Waals surface area contributed by atoms with Crippen LogP contribution in [0.5, 0.6) is 0 Å². The van der Waals surface area contributed by atoms with Crippen molar-refractivity contribution in [1.29, 1.82) is 0 Å². The van der Waals surface area contributed by atoms with Gasteiger partial charge in [0.2, 0.25) is 0 Å². The second kappa shape index (κ2) is 6.86. The van der Waals surface area contributed by atoms with E-state index >= 15 is 0 Å². The molecular weight excluding hydrogens is 274 g/mol. The molecule has 0 atom stereocenters. The van der Waals surface area contributed by atoms with E-state index in [1.54, 1.807) is 0 Å². The fraction of sp³-hybridized carbons (Fsp3) is 0.316. The number of benzene rings is 2. The minimum absolute atomic E-state index is 0.936. The third-order valence-corrected chi connectivity index (χ3v) is 4.54. The van der Waals surface area contributed by atoms with Gasteiger partial charge in [-0.2, -0.15) is 0 Å². The van der Waals surface area contributed by atoms with E-state index in [-0.39, 0.29) is 0 Å². The van der Waals surface area contributed by atoms with Gasteiger partial charge in [0.15, 0.2) is 0 Å². The number of hydrogen-bond acceptors (Lipinski definition) is 1. The molecule has 0 N–H and O–H groups in total. The Bertz CT molecular complexity index is 659. The summed E-state index contributed by atoms with van der Waals surface area (Å²) in [6, 6.07) is 15.1. The first-order valence-electron chi connectivity index (χ1n) is 7.76. The maximum absolute atomic E-state index is 5.50. The maximum atomic E-state index is 5.50. The quantitative estimate of drug-likeness (QED) is 0.728. The van der Waals surface area contributed by atoms with Crippen molar-refractivity contribution in [3.63, 3.8) is 0 Å². The van der Waals surface area contributed by atoms with Crippen molar-refractivity contribution >= 4 is 34.1 Å². The van der Waals surface area contributed by atoms with Crippen molar-refractivity contribution < 1.29 is 0 Å². The Morgan fingerprint density at radius 1 is 1.00 bits per heavy atom. The van der Waals surface area contributed by atoms with Gasteiger partial charge in [-0.1, -0.05) is 67.2 Å². The highest BCUT2D eigenvalue weighted by Crippen LogP contribution is 2.17. The zero-order valence-corrected chi connectivity index (χ0v) is 13.1. The molecule has 2 aromatic carbocycles. The van der Waals surface area contributed by atoms with Crippen LogP contribution in [0.4, 0.5) is 0 Å². The van der Waals surface area contributed by atoms with Crippen LogP contribution in [0.15, 0.2) is 48.5 Å². The van der Waals surface area contributed by atoms with Crippen molar-refractivity contribution in [2.45, 2.75) is 25.7 Å². The van der Waals surface area contributed by atoms with Gasteiger partial charge in [0.05, 0.1) is 4.99 Å². The molecule has 3 rings (SSSR count). The minimum atomic E-state index is 0.936. The first kappa shape index (κ1) is 14.3. The zero-order valence-electron chi connectivity index (χ0n) is 12.3. The summed E-state index contributed by atoms with van der Waals surface area (Å²) in [7, 11) is 0. The summed E-state index contributed by atoms with van der Waals surface area (Å²) >= 11 is 5.50. The first-order chi connectivity index (χ1) is 10.3. The number of thiocarbonyl (C=S) groups is 1. The Labute approximate surface area is 132 Å². The molecule has 21 heavy (non-hydrogen) atoms. The molecule has 0 aromatic heterocycles. The first-order valence-corrected chi connectivity index (χ1v) is 8.17. The van der Waals surface area contributed by atoms with Crippen LogP contribution in [0.25, 0.3) is 16.8 Å². The number of likely N-dealkylation sites (tertiary alicyclic amines) is 1. The third-order valence-electron chi connectivity index (χ3n) is 4.08. The molecule has 1 aliphatic heterocycles. The summed E-state index contributed by atoms with van der Waals surface area (Å²) in [4.78, 5) is 3.48. The van der Waals surface area contributed by atoms with Crippen LogP contribution >= 0.6 is 12.2 Å². The molecule has 0 bridgehead atoms. The second-order valence-electron chi connectivity index (χ2n) is 5.66. The van der Waals surface area contributed by atoms with Gasteiger partial charge in [0.1, 0.15) is 0 Å². The average Bonchev–Trinajstić information content (AvgIpc) is 2.72. The molecule has 0 spiro atoms. The molecule has 0 radical (unpaired) electrons. The molecule has 0 amide bonds. The molecule has 0 aliphatic carbocycles. The van der Waals surface area contributed by atoms with E-state index in [1.165, 1.54) is 35.6 Å². The Kier molecular flexibility index (Phi) is 4.66. The van der Waals surface area contributed by atoms with Gasteiger partial charge in [-0.3, -0.25) is 0 Å². The van der Waals surface area contributed by atoms with E-state index in [4.69, 9.17) is 12.2 Å². The van der Waals surface area contributed by atoms with Crippen LogP contribution in [-0.2, 0) is 0 Å². The van der Waals surface area contributed by atoms with Crippen molar-refractivity contribution in [3.8, 4) is 0 Å². The fourth-order valence-electron chi connectivity index (χ4n) is 2.86. The minimum Gasteiger partial charge on any atom is -0.362 e. The largest absolute Gasteiger partial charge is 0.362 e. The molecule has 2 heteroatoms. The van der Waals surface area contributed by atoms with Crippen LogP contribution < -0.4 is 0 Å². The van der Waals surface area contributed by atoms with E-state index in [1.807, 2.05) is 0 Å². The van der Waals surface area contributed by atoms with Gasteiger partial charge in [-0.05, 0) is 41.7 Å². The van der Waals surface area contributed by atoms with Crippen molar-refractivity contribution in [3.05, 3.63) is 54.1 Å². The number of fused-ring (bicyclic) bond motifs is 1. The van der Waals surface area contributed by atoms with Crippen LogP contribution in [0, 0.1) is 0 Å². The molecule has 2 aromatic rings. The predicted molar refractivity (Wildman–Crippen MR) is 95.6 cm³/mol. The number of rotatable bonds is 3. The highest BCUT2D eigenvalue weighted by Gasteiger charge is 2.11. The van der Waals surface area contributed by atoms with Crippen LogP contribution in [-0.4, -0.2) is 23.0 Å². The van der Waals surface area contributed by atoms with Crippen LogP contribution in [0.2, 0.25) is 0 Å². The molecule has 1 saturated heterocycles. The van der Waals surface area contributed by atoms with Gasteiger partial charge in [-0.15, -0.1) is 0 Å². The molecule has 0 saturated carbocycles. The van der Waals surface area contributed by atoms with Gasteiger partial charge < -0.3 is 4.90 Å². The summed E-state index contributed by atoms with van der Waals surface area (Å²) in [5.74, 6) is 0.